The first-order valence-electron chi connectivity index (χ1n) is 8.93. The van der Waals surface area contributed by atoms with Crippen molar-refractivity contribution in [3.8, 4) is 11.4 Å². The van der Waals surface area contributed by atoms with Crippen molar-refractivity contribution in [2.45, 2.75) is 39.2 Å². The fourth-order valence-electron chi connectivity index (χ4n) is 3.60. The van der Waals surface area contributed by atoms with Crippen LogP contribution in [0, 0.1) is 18.8 Å². The quantitative estimate of drug-likeness (QED) is 0.869. The van der Waals surface area contributed by atoms with E-state index in [-0.39, 0.29) is 0 Å². The van der Waals surface area contributed by atoms with Gasteiger partial charge >= 0.3 is 0 Å². The SMILES string of the molecule is Cc1cnc(-c2cccnc2)n1CC1CCN(C(=O)C2CC2)CC1. The molecule has 0 unspecified atom stereocenters. The molecule has 0 aromatic carbocycles. The van der Waals surface area contributed by atoms with Crippen molar-refractivity contribution in [3.63, 3.8) is 0 Å². The van der Waals surface area contributed by atoms with Crippen LogP contribution in [0.4, 0.5) is 0 Å². The zero-order valence-corrected chi connectivity index (χ0v) is 14.2. The Kier molecular flexibility index (Phi) is 4.08. The van der Waals surface area contributed by atoms with Gasteiger partial charge in [-0.3, -0.25) is 9.78 Å². The van der Waals surface area contributed by atoms with Gasteiger partial charge in [0.25, 0.3) is 0 Å². The molecule has 4 rings (SSSR count). The number of rotatable bonds is 4. The zero-order valence-electron chi connectivity index (χ0n) is 14.2. The third kappa shape index (κ3) is 3.07. The normalized spacial score (nSPS) is 18.8. The number of amides is 1. The molecule has 2 fully saturated rings. The van der Waals surface area contributed by atoms with Gasteiger partial charge in [-0.15, -0.1) is 0 Å². The molecule has 0 radical (unpaired) electrons. The van der Waals surface area contributed by atoms with E-state index in [1.54, 1.807) is 6.20 Å². The van der Waals surface area contributed by atoms with Gasteiger partial charge in [0.2, 0.25) is 5.91 Å². The average molecular weight is 324 g/mol. The second-order valence-corrected chi connectivity index (χ2v) is 7.12. The number of hydrogen-bond donors (Lipinski definition) is 0. The predicted octanol–water partition coefficient (Wildman–Crippen LogP) is 2.90. The number of pyridine rings is 1. The van der Waals surface area contributed by atoms with E-state index < -0.39 is 0 Å². The lowest BCUT2D eigenvalue weighted by Crippen LogP contribution is -2.40. The van der Waals surface area contributed by atoms with Crippen molar-refractivity contribution < 1.29 is 4.79 Å². The standard InChI is InChI=1S/C19H24N4O/c1-14-11-21-18(17-3-2-8-20-12-17)23(14)13-15-6-9-22(10-7-15)19(24)16-4-5-16/h2-3,8,11-12,15-16H,4-7,9-10,13H2,1H3. The summed E-state index contributed by atoms with van der Waals surface area (Å²) in [4.78, 5) is 23.1. The third-order valence-electron chi connectivity index (χ3n) is 5.27. The average Bonchev–Trinajstić information content (AvgIpc) is 3.41. The lowest BCUT2D eigenvalue weighted by molar-refractivity contribution is -0.134. The first-order chi connectivity index (χ1) is 11.7. The molecule has 0 atom stereocenters. The summed E-state index contributed by atoms with van der Waals surface area (Å²) in [5, 5.41) is 0. The summed E-state index contributed by atoms with van der Waals surface area (Å²) >= 11 is 0. The van der Waals surface area contributed by atoms with Gasteiger partial charge in [-0.2, -0.15) is 0 Å². The maximum absolute atomic E-state index is 12.2. The van der Waals surface area contributed by atoms with Crippen LogP contribution in [0.1, 0.15) is 31.4 Å². The maximum Gasteiger partial charge on any atom is 0.225 e. The summed E-state index contributed by atoms with van der Waals surface area (Å²) in [6, 6.07) is 4.01. The van der Waals surface area contributed by atoms with Crippen molar-refractivity contribution in [1.82, 2.24) is 19.4 Å². The second kappa shape index (κ2) is 6.38. The van der Waals surface area contributed by atoms with Gasteiger partial charge in [-0.25, -0.2) is 4.98 Å². The van der Waals surface area contributed by atoms with Gasteiger partial charge in [-0.05, 0) is 50.7 Å². The first-order valence-corrected chi connectivity index (χ1v) is 8.93. The van der Waals surface area contributed by atoms with Crippen LogP contribution >= 0.6 is 0 Å². The summed E-state index contributed by atoms with van der Waals surface area (Å²) in [7, 11) is 0. The fraction of sp³-hybridized carbons (Fsp3) is 0.526. The van der Waals surface area contributed by atoms with Crippen molar-refractivity contribution in [3.05, 3.63) is 36.4 Å². The molecule has 3 heterocycles. The third-order valence-corrected chi connectivity index (χ3v) is 5.27. The van der Waals surface area contributed by atoms with Crippen LogP contribution in [0.5, 0.6) is 0 Å². The smallest absolute Gasteiger partial charge is 0.225 e. The summed E-state index contributed by atoms with van der Waals surface area (Å²) < 4.78 is 2.31. The molecule has 1 saturated carbocycles. The fourth-order valence-corrected chi connectivity index (χ4v) is 3.60. The van der Waals surface area contributed by atoms with Crippen LogP contribution < -0.4 is 0 Å². The summed E-state index contributed by atoms with van der Waals surface area (Å²) in [5.74, 6) is 2.34. The minimum Gasteiger partial charge on any atom is -0.342 e. The topological polar surface area (TPSA) is 51.0 Å². The van der Waals surface area contributed by atoms with E-state index in [9.17, 15) is 4.79 Å². The summed E-state index contributed by atoms with van der Waals surface area (Å²) in [6.07, 6.45) is 9.97. The minimum atomic E-state index is 0.342. The van der Waals surface area contributed by atoms with Crippen LogP contribution in [-0.4, -0.2) is 38.4 Å². The monoisotopic (exact) mass is 324 g/mol. The minimum absolute atomic E-state index is 0.342. The zero-order chi connectivity index (χ0) is 16.5. The molecular formula is C19H24N4O. The van der Waals surface area contributed by atoms with Gasteiger partial charge in [0.1, 0.15) is 5.82 Å². The van der Waals surface area contributed by atoms with Crippen LogP contribution in [0.25, 0.3) is 11.4 Å². The van der Waals surface area contributed by atoms with E-state index in [4.69, 9.17) is 0 Å². The van der Waals surface area contributed by atoms with E-state index >= 15 is 0 Å². The van der Waals surface area contributed by atoms with Crippen molar-refractivity contribution >= 4 is 5.91 Å². The number of carbonyl (C=O) groups is 1. The van der Waals surface area contributed by atoms with Crippen molar-refractivity contribution in [2.24, 2.45) is 11.8 Å². The number of piperidine rings is 1. The Morgan fingerprint density at radius 2 is 2.00 bits per heavy atom. The molecule has 5 nitrogen and oxygen atoms in total. The molecule has 1 aliphatic heterocycles. The molecule has 2 aromatic rings. The van der Waals surface area contributed by atoms with Gasteiger partial charge in [0.05, 0.1) is 0 Å². The molecule has 126 valence electrons. The van der Waals surface area contributed by atoms with Crippen molar-refractivity contribution in [1.29, 1.82) is 0 Å². The molecule has 5 heteroatoms. The van der Waals surface area contributed by atoms with Crippen LogP contribution in [-0.2, 0) is 11.3 Å². The molecule has 2 aromatic heterocycles. The number of aromatic nitrogens is 3. The number of nitrogens with zero attached hydrogens (tertiary/aromatic N) is 4. The van der Waals surface area contributed by atoms with Crippen LogP contribution in [0.2, 0.25) is 0 Å². The highest BCUT2D eigenvalue weighted by Gasteiger charge is 2.35. The summed E-state index contributed by atoms with van der Waals surface area (Å²) in [6.45, 7) is 4.91. The molecule has 1 amide bonds. The van der Waals surface area contributed by atoms with E-state index in [0.717, 1.165) is 56.7 Å². The molecule has 2 aliphatic rings. The molecule has 0 spiro atoms. The highest BCUT2D eigenvalue weighted by molar-refractivity contribution is 5.81. The van der Waals surface area contributed by atoms with E-state index in [0.29, 0.717) is 17.7 Å². The number of aryl methyl sites for hydroxylation is 1. The number of hydrogen-bond acceptors (Lipinski definition) is 3. The van der Waals surface area contributed by atoms with Crippen molar-refractivity contribution in [2.75, 3.05) is 13.1 Å². The van der Waals surface area contributed by atoms with Gasteiger partial charge in [0, 0.05) is 55.4 Å². The molecular weight excluding hydrogens is 300 g/mol. The lowest BCUT2D eigenvalue weighted by Gasteiger charge is -2.32. The maximum atomic E-state index is 12.2. The second-order valence-electron chi connectivity index (χ2n) is 7.12. The van der Waals surface area contributed by atoms with Gasteiger partial charge in [0.15, 0.2) is 0 Å². The van der Waals surface area contributed by atoms with E-state index in [2.05, 4.69) is 32.4 Å². The highest BCUT2D eigenvalue weighted by atomic mass is 16.2. The number of carbonyl (C=O) groups excluding carboxylic acids is 1. The Labute approximate surface area is 142 Å². The molecule has 0 N–H and O–H groups in total. The van der Waals surface area contributed by atoms with Crippen LogP contribution in [0.15, 0.2) is 30.7 Å². The van der Waals surface area contributed by atoms with E-state index in [1.807, 2.05) is 18.5 Å². The molecule has 24 heavy (non-hydrogen) atoms. The Balaban J connectivity index is 1.43. The van der Waals surface area contributed by atoms with Gasteiger partial charge < -0.3 is 9.47 Å². The largest absolute Gasteiger partial charge is 0.342 e. The van der Waals surface area contributed by atoms with Crippen LogP contribution in [0.3, 0.4) is 0 Å². The van der Waals surface area contributed by atoms with E-state index in [1.165, 1.54) is 5.69 Å². The number of likely N-dealkylation sites (tertiary alicyclic amines) is 1. The Hall–Kier alpha value is -2.17. The molecule has 0 bridgehead atoms. The van der Waals surface area contributed by atoms with Gasteiger partial charge in [-0.1, -0.05) is 0 Å². The lowest BCUT2D eigenvalue weighted by atomic mass is 9.96. The highest BCUT2D eigenvalue weighted by Crippen LogP contribution is 2.33. The molecule has 1 saturated heterocycles. The Morgan fingerprint density at radius 1 is 1.21 bits per heavy atom. The predicted molar refractivity (Wildman–Crippen MR) is 92.2 cm³/mol. The summed E-state index contributed by atoms with van der Waals surface area (Å²) in [5.41, 5.74) is 2.25. The molecule has 1 aliphatic carbocycles. The number of imidazole rings is 1. The Morgan fingerprint density at radius 3 is 2.67 bits per heavy atom. The Bertz CT molecular complexity index is 712. The first kappa shape index (κ1) is 15.4.